The molecule has 2 N–H and O–H groups in total. The number of ether oxygens (including phenoxy) is 1. The Hall–Kier alpha value is -3.27. The van der Waals surface area contributed by atoms with E-state index in [2.05, 4.69) is 9.73 Å². The molecule has 1 atom stereocenters. The quantitative estimate of drug-likeness (QED) is 0.133. The van der Waals surface area contributed by atoms with Gasteiger partial charge in [-0.1, -0.05) is 30.3 Å². The van der Waals surface area contributed by atoms with Gasteiger partial charge in [-0.05, 0) is 12.5 Å². The topological polar surface area (TPSA) is 79.1 Å². The largest absolute Gasteiger partial charge is 0.506 e. The lowest BCUT2D eigenvalue weighted by Gasteiger charge is -2.12. The summed E-state index contributed by atoms with van der Waals surface area (Å²) in [5.74, 6) is -14.6. The second kappa shape index (κ2) is 9.97. The second-order valence-electron chi connectivity index (χ2n) is 5.81. The molecule has 30 heavy (non-hydrogen) atoms. The minimum absolute atomic E-state index is 0.220. The number of benzene rings is 2. The van der Waals surface area contributed by atoms with Crippen LogP contribution in [0.4, 0.5) is 22.0 Å². The SMILES string of the molecule is CCOC(=O)/C(C=NC(CO)c1ccccc1)=C(/O)c1c(F)c(F)c(F)c(F)c1F. The van der Waals surface area contributed by atoms with E-state index >= 15 is 0 Å². The van der Waals surface area contributed by atoms with Gasteiger partial charge in [0.05, 0.1) is 24.8 Å². The highest BCUT2D eigenvalue weighted by Crippen LogP contribution is 2.29. The Kier molecular flexibility index (Phi) is 7.65. The minimum Gasteiger partial charge on any atom is -0.506 e. The van der Waals surface area contributed by atoms with E-state index in [1.54, 1.807) is 30.3 Å². The highest BCUT2D eigenvalue weighted by atomic mass is 19.2. The van der Waals surface area contributed by atoms with Crippen molar-refractivity contribution in [1.29, 1.82) is 0 Å². The number of rotatable bonds is 7. The fourth-order valence-corrected chi connectivity index (χ4v) is 2.45. The standard InChI is InChI=1S/C20H16F5NO4/c1-2-30-20(29)11(8-26-12(9-27)10-6-4-3-5-7-10)19(28)13-14(21)16(23)18(25)17(24)15(13)22/h3-8,12,27-28H,2,9H2,1H3/b19-11+,26-8?. The van der Waals surface area contributed by atoms with Crippen molar-refractivity contribution < 1.29 is 41.7 Å². The van der Waals surface area contributed by atoms with Crippen LogP contribution in [0.2, 0.25) is 0 Å². The lowest BCUT2D eigenvalue weighted by Crippen LogP contribution is -2.15. The Bertz CT molecular complexity index is 963. The summed E-state index contributed by atoms with van der Waals surface area (Å²) >= 11 is 0. The number of aliphatic hydroxyl groups excluding tert-OH is 2. The molecule has 0 heterocycles. The molecular weight excluding hydrogens is 413 g/mol. The third-order valence-corrected chi connectivity index (χ3v) is 3.94. The van der Waals surface area contributed by atoms with Gasteiger partial charge >= 0.3 is 5.97 Å². The molecule has 0 aliphatic carbocycles. The summed E-state index contributed by atoms with van der Waals surface area (Å²) in [7, 11) is 0. The first-order chi connectivity index (χ1) is 14.2. The van der Waals surface area contributed by atoms with Crippen molar-refractivity contribution in [2.24, 2.45) is 4.99 Å². The second-order valence-corrected chi connectivity index (χ2v) is 5.81. The molecule has 0 bridgehead atoms. The smallest absolute Gasteiger partial charge is 0.343 e. The average Bonchev–Trinajstić information content (AvgIpc) is 2.74. The number of halogens is 5. The van der Waals surface area contributed by atoms with Gasteiger partial charge in [-0.15, -0.1) is 0 Å². The molecule has 2 aromatic carbocycles. The monoisotopic (exact) mass is 429 g/mol. The molecule has 160 valence electrons. The van der Waals surface area contributed by atoms with Crippen molar-refractivity contribution in [3.63, 3.8) is 0 Å². The van der Waals surface area contributed by atoms with Crippen molar-refractivity contribution in [2.45, 2.75) is 13.0 Å². The van der Waals surface area contributed by atoms with Gasteiger partial charge in [0.25, 0.3) is 0 Å². The Morgan fingerprint density at radius 2 is 1.57 bits per heavy atom. The lowest BCUT2D eigenvalue weighted by atomic mass is 10.1. The molecule has 1 unspecified atom stereocenters. The van der Waals surface area contributed by atoms with Crippen LogP contribution in [-0.4, -0.2) is 35.6 Å². The van der Waals surface area contributed by atoms with Crippen LogP contribution in [0.1, 0.15) is 24.1 Å². The fraction of sp³-hybridized carbons (Fsp3) is 0.200. The minimum atomic E-state index is -2.42. The van der Waals surface area contributed by atoms with Crippen LogP contribution in [0, 0.1) is 29.1 Å². The van der Waals surface area contributed by atoms with Gasteiger partial charge in [-0.2, -0.15) is 0 Å². The number of esters is 1. The maximum absolute atomic E-state index is 14.0. The number of aliphatic hydroxyl groups is 2. The van der Waals surface area contributed by atoms with Gasteiger partial charge in [0.2, 0.25) is 5.82 Å². The fourth-order valence-electron chi connectivity index (χ4n) is 2.45. The van der Waals surface area contributed by atoms with E-state index in [4.69, 9.17) is 0 Å². The van der Waals surface area contributed by atoms with Crippen molar-refractivity contribution >= 4 is 17.9 Å². The van der Waals surface area contributed by atoms with Gasteiger partial charge in [0, 0.05) is 6.21 Å². The van der Waals surface area contributed by atoms with Crippen LogP contribution in [0.3, 0.4) is 0 Å². The number of carbonyl (C=O) groups excluding carboxylic acids is 1. The van der Waals surface area contributed by atoms with Gasteiger partial charge in [-0.25, -0.2) is 26.7 Å². The maximum atomic E-state index is 14.0. The number of hydrogen-bond donors (Lipinski definition) is 2. The summed E-state index contributed by atoms with van der Waals surface area (Å²) < 4.78 is 73.0. The Morgan fingerprint density at radius 3 is 2.07 bits per heavy atom. The van der Waals surface area contributed by atoms with Gasteiger partial charge in [0.1, 0.15) is 11.3 Å². The molecule has 0 aliphatic rings. The van der Waals surface area contributed by atoms with Crippen molar-refractivity contribution in [3.8, 4) is 0 Å². The predicted molar refractivity (Wildman–Crippen MR) is 97.2 cm³/mol. The molecule has 0 aromatic heterocycles. The Morgan fingerprint density at radius 1 is 1.03 bits per heavy atom. The van der Waals surface area contributed by atoms with Crippen LogP contribution in [0.25, 0.3) is 5.76 Å². The lowest BCUT2D eigenvalue weighted by molar-refractivity contribution is -0.137. The molecule has 0 aliphatic heterocycles. The number of nitrogens with zero attached hydrogens (tertiary/aromatic N) is 1. The molecule has 0 saturated carbocycles. The zero-order valence-corrected chi connectivity index (χ0v) is 15.5. The molecule has 0 spiro atoms. The molecule has 2 rings (SSSR count). The first kappa shape index (κ1) is 23.0. The van der Waals surface area contributed by atoms with Gasteiger partial charge in [0.15, 0.2) is 23.3 Å². The Balaban J connectivity index is 2.65. The summed E-state index contributed by atoms with van der Waals surface area (Å²) in [6, 6.07) is 7.22. The van der Waals surface area contributed by atoms with Gasteiger partial charge < -0.3 is 14.9 Å². The van der Waals surface area contributed by atoms with Crippen LogP contribution in [0.15, 0.2) is 40.9 Å². The average molecular weight is 429 g/mol. The maximum Gasteiger partial charge on any atom is 0.343 e. The molecule has 0 amide bonds. The van der Waals surface area contributed by atoms with Crippen molar-refractivity contribution in [1.82, 2.24) is 0 Å². The normalized spacial score (nSPS) is 13.3. The van der Waals surface area contributed by atoms with E-state index in [-0.39, 0.29) is 6.61 Å². The highest BCUT2D eigenvalue weighted by Gasteiger charge is 2.30. The van der Waals surface area contributed by atoms with E-state index in [1.807, 2.05) is 0 Å². The molecule has 5 nitrogen and oxygen atoms in total. The molecule has 0 fully saturated rings. The Labute approximate surface area is 167 Å². The molecule has 0 radical (unpaired) electrons. The number of aliphatic imine (C=N–C) groups is 1. The van der Waals surface area contributed by atoms with Crippen LogP contribution in [-0.2, 0) is 9.53 Å². The van der Waals surface area contributed by atoms with Crippen molar-refractivity contribution in [2.75, 3.05) is 13.2 Å². The summed E-state index contributed by atoms with van der Waals surface area (Å²) in [6.07, 6.45) is 0.638. The molecule has 10 heteroatoms. The molecular formula is C20H16F5NO4. The summed E-state index contributed by atoms with van der Waals surface area (Å²) in [5.41, 5.74) is -2.18. The third-order valence-electron chi connectivity index (χ3n) is 3.94. The predicted octanol–water partition coefficient (Wildman–Crippen LogP) is 4.02. The first-order valence-electron chi connectivity index (χ1n) is 8.55. The van der Waals surface area contributed by atoms with Gasteiger partial charge in [-0.3, -0.25) is 4.99 Å². The third kappa shape index (κ3) is 4.65. The summed E-state index contributed by atoms with van der Waals surface area (Å²) in [6.45, 7) is 0.630. The highest BCUT2D eigenvalue weighted by molar-refractivity contribution is 6.15. The summed E-state index contributed by atoms with van der Waals surface area (Å²) in [4.78, 5) is 16.0. The molecule has 2 aromatic rings. The summed E-state index contributed by atoms with van der Waals surface area (Å²) in [5, 5.41) is 19.7. The number of hydrogen-bond acceptors (Lipinski definition) is 5. The first-order valence-corrected chi connectivity index (χ1v) is 8.55. The molecule has 0 saturated heterocycles. The zero-order valence-electron chi connectivity index (χ0n) is 15.5. The van der Waals surface area contributed by atoms with E-state index in [0.717, 1.165) is 0 Å². The van der Waals surface area contributed by atoms with E-state index in [0.29, 0.717) is 11.8 Å². The zero-order chi connectivity index (χ0) is 22.4. The van der Waals surface area contributed by atoms with Crippen LogP contribution >= 0.6 is 0 Å². The van der Waals surface area contributed by atoms with E-state index < -0.39 is 64.6 Å². The van der Waals surface area contributed by atoms with Crippen LogP contribution in [0.5, 0.6) is 0 Å². The van der Waals surface area contributed by atoms with E-state index in [1.165, 1.54) is 6.92 Å². The number of carbonyl (C=O) groups is 1. The van der Waals surface area contributed by atoms with E-state index in [9.17, 15) is 37.0 Å². The van der Waals surface area contributed by atoms with Crippen LogP contribution < -0.4 is 0 Å². The van der Waals surface area contributed by atoms with Crippen molar-refractivity contribution in [3.05, 3.63) is 76.1 Å².